The third-order valence-corrected chi connectivity index (χ3v) is 6.84. The normalized spacial score (nSPS) is 14.0. The molecule has 2 aromatic rings. The molecule has 0 fully saturated rings. The summed E-state index contributed by atoms with van der Waals surface area (Å²) in [4.78, 5) is 16.5. The quantitative estimate of drug-likeness (QED) is 0.813. The van der Waals surface area contributed by atoms with E-state index in [1.807, 2.05) is 0 Å². The van der Waals surface area contributed by atoms with Crippen LogP contribution in [0.2, 0.25) is 5.02 Å². The molecule has 0 bridgehead atoms. The first-order valence-corrected chi connectivity index (χ1v) is 10.6. The van der Waals surface area contributed by atoms with Gasteiger partial charge < -0.3 is 5.32 Å². The van der Waals surface area contributed by atoms with Gasteiger partial charge in [0.05, 0.1) is 27.7 Å². The van der Waals surface area contributed by atoms with E-state index in [-0.39, 0.29) is 21.2 Å². The number of thioether (sulfide) groups is 1. The zero-order chi connectivity index (χ0) is 19.6. The van der Waals surface area contributed by atoms with Gasteiger partial charge in [-0.15, -0.1) is 0 Å². The van der Waals surface area contributed by atoms with Gasteiger partial charge in [-0.05, 0) is 42.5 Å². The number of hydrogen-bond acceptors (Lipinski definition) is 5. The number of aliphatic imine (C=N–C) groups is 1. The van der Waals surface area contributed by atoms with Gasteiger partial charge in [-0.1, -0.05) is 23.4 Å². The maximum Gasteiger partial charge on any atom is 0.264 e. The van der Waals surface area contributed by atoms with Crippen LogP contribution in [0.1, 0.15) is 10.4 Å². The largest absolute Gasteiger partial charge is 0.301 e. The Bertz CT molecular complexity index is 1010. The Morgan fingerprint density at radius 3 is 2.59 bits per heavy atom. The van der Waals surface area contributed by atoms with Gasteiger partial charge >= 0.3 is 0 Å². The highest BCUT2D eigenvalue weighted by atomic mass is 35.5. The summed E-state index contributed by atoms with van der Waals surface area (Å²) in [6.45, 7) is 0.616. The molecule has 2 aromatic carbocycles. The number of amidine groups is 1. The van der Waals surface area contributed by atoms with E-state index in [0.29, 0.717) is 11.7 Å². The van der Waals surface area contributed by atoms with Crippen LogP contribution in [0, 0.1) is 5.82 Å². The number of halogens is 2. The molecule has 1 amide bonds. The van der Waals surface area contributed by atoms with Gasteiger partial charge in [0.15, 0.2) is 5.17 Å². The van der Waals surface area contributed by atoms with Crippen molar-refractivity contribution in [1.82, 2.24) is 5.32 Å². The molecule has 0 atom stereocenters. The molecule has 0 saturated heterocycles. The van der Waals surface area contributed by atoms with E-state index in [0.717, 1.165) is 10.1 Å². The Morgan fingerprint density at radius 2 is 1.96 bits per heavy atom. The molecule has 0 radical (unpaired) electrons. The molecule has 1 N–H and O–H groups in total. The van der Waals surface area contributed by atoms with Gasteiger partial charge in [0.1, 0.15) is 5.82 Å². The van der Waals surface area contributed by atoms with Crippen molar-refractivity contribution in [2.45, 2.75) is 4.90 Å². The second kappa shape index (κ2) is 7.87. The molecule has 0 saturated carbocycles. The fourth-order valence-corrected chi connectivity index (χ4v) is 4.51. The first-order valence-electron chi connectivity index (χ1n) is 7.81. The minimum atomic E-state index is -3.97. The summed E-state index contributed by atoms with van der Waals surface area (Å²) in [7, 11) is -2.62. The van der Waals surface area contributed by atoms with Crippen LogP contribution in [0.25, 0.3) is 0 Å². The smallest absolute Gasteiger partial charge is 0.264 e. The lowest BCUT2D eigenvalue weighted by molar-refractivity contribution is 0.0978. The summed E-state index contributed by atoms with van der Waals surface area (Å²) in [6.07, 6.45) is 0. The Kier molecular flexibility index (Phi) is 5.73. The number of amides is 1. The Morgan fingerprint density at radius 1 is 1.26 bits per heavy atom. The van der Waals surface area contributed by atoms with Gasteiger partial charge in [-0.25, -0.2) is 12.8 Å². The van der Waals surface area contributed by atoms with Crippen molar-refractivity contribution >= 4 is 50.1 Å². The van der Waals surface area contributed by atoms with Gasteiger partial charge in [0, 0.05) is 12.8 Å². The molecule has 10 heteroatoms. The number of sulfonamides is 1. The molecule has 0 aromatic heterocycles. The van der Waals surface area contributed by atoms with E-state index in [2.05, 4.69) is 10.3 Å². The Labute approximate surface area is 165 Å². The first kappa shape index (κ1) is 19.7. The van der Waals surface area contributed by atoms with Crippen LogP contribution in [0.3, 0.4) is 0 Å². The maximum absolute atomic E-state index is 13.1. The summed E-state index contributed by atoms with van der Waals surface area (Å²) in [5, 5.41) is 3.23. The second-order valence-electron chi connectivity index (χ2n) is 5.58. The van der Waals surface area contributed by atoms with Crippen LogP contribution in [0.4, 0.5) is 10.1 Å². The van der Waals surface area contributed by atoms with Gasteiger partial charge in [-0.2, -0.15) is 0 Å². The molecule has 142 valence electrons. The number of nitrogens with zero attached hydrogens (tertiary/aromatic N) is 2. The van der Waals surface area contributed by atoms with Crippen molar-refractivity contribution < 1.29 is 17.6 Å². The summed E-state index contributed by atoms with van der Waals surface area (Å²) < 4.78 is 39.8. The van der Waals surface area contributed by atoms with Crippen molar-refractivity contribution in [2.24, 2.45) is 4.99 Å². The summed E-state index contributed by atoms with van der Waals surface area (Å²) in [6, 6.07) is 8.93. The lowest BCUT2D eigenvalue weighted by Gasteiger charge is -2.20. The van der Waals surface area contributed by atoms with Gasteiger partial charge in [0.2, 0.25) is 0 Å². The standard InChI is InChI=1S/C17H15ClFN3O3S2/c1-22(12-4-2-11(19)3-5-12)27(24,25)13-6-7-15(18)14(10-13)16(23)21-17-20-8-9-26-17/h2-7,10H,8-9H2,1H3,(H,20,21,23). The minimum absolute atomic E-state index is 0.0282. The summed E-state index contributed by atoms with van der Waals surface area (Å²) >= 11 is 7.49. The molecule has 0 unspecified atom stereocenters. The number of carbonyl (C=O) groups excluding carboxylic acids is 1. The molecular formula is C17H15ClFN3O3S2. The predicted octanol–water partition coefficient (Wildman–Crippen LogP) is 3.14. The molecule has 27 heavy (non-hydrogen) atoms. The third-order valence-electron chi connectivity index (χ3n) is 3.84. The van der Waals surface area contributed by atoms with Crippen molar-refractivity contribution in [2.75, 3.05) is 23.7 Å². The highest BCUT2D eigenvalue weighted by molar-refractivity contribution is 8.14. The summed E-state index contributed by atoms with van der Waals surface area (Å²) in [5.41, 5.74) is 0.314. The van der Waals surface area contributed by atoms with E-state index < -0.39 is 21.7 Å². The SMILES string of the molecule is CN(c1ccc(F)cc1)S(=O)(=O)c1ccc(Cl)c(C(=O)NC2=NCCS2)c1. The van der Waals surface area contributed by atoms with E-state index in [9.17, 15) is 17.6 Å². The number of nitrogens with one attached hydrogen (secondary N) is 1. The van der Waals surface area contributed by atoms with Crippen LogP contribution in [0.15, 0.2) is 52.4 Å². The number of anilines is 1. The minimum Gasteiger partial charge on any atom is -0.301 e. The molecule has 0 aliphatic carbocycles. The Hall–Kier alpha value is -2.10. The van der Waals surface area contributed by atoms with E-state index in [1.54, 1.807) is 0 Å². The average molecular weight is 428 g/mol. The van der Waals surface area contributed by atoms with Crippen molar-refractivity contribution in [1.29, 1.82) is 0 Å². The number of benzene rings is 2. The predicted molar refractivity (Wildman–Crippen MR) is 106 cm³/mol. The maximum atomic E-state index is 13.1. The highest BCUT2D eigenvalue weighted by Gasteiger charge is 2.24. The lowest BCUT2D eigenvalue weighted by atomic mass is 10.2. The number of carbonyl (C=O) groups is 1. The second-order valence-corrected chi connectivity index (χ2v) is 9.04. The fourth-order valence-electron chi connectivity index (χ4n) is 2.36. The van der Waals surface area contributed by atoms with E-state index in [1.165, 1.54) is 61.3 Å². The number of rotatable bonds is 4. The molecule has 1 aliphatic rings. The van der Waals surface area contributed by atoms with E-state index >= 15 is 0 Å². The third kappa shape index (κ3) is 4.26. The zero-order valence-electron chi connectivity index (χ0n) is 14.1. The van der Waals surface area contributed by atoms with Gasteiger partial charge in [0.25, 0.3) is 15.9 Å². The monoisotopic (exact) mass is 427 g/mol. The van der Waals surface area contributed by atoms with Crippen LogP contribution in [-0.2, 0) is 10.0 Å². The molecule has 1 heterocycles. The Balaban J connectivity index is 1.91. The van der Waals surface area contributed by atoms with Crippen LogP contribution in [-0.4, -0.2) is 38.8 Å². The van der Waals surface area contributed by atoms with E-state index in [4.69, 9.17) is 11.6 Å². The van der Waals surface area contributed by atoms with Crippen LogP contribution >= 0.6 is 23.4 Å². The molecule has 3 rings (SSSR count). The molecular weight excluding hydrogens is 413 g/mol. The van der Waals surface area contributed by atoms with Crippen molar-refractivity contribution in [3.05, 3.63) is 58.9 Å². The molecule has 0 spiro atoms. The van der Waals surface area contributed by atoms with Gasteiger partial charge in [-0.3, -0.25) is 14.1 Å². The van der Waals surface area contributed by atoms with Crippen LogP contribution < -0.4 is 9.62 Å². The topological polar surface area (TPSA) is 78.8 Å². The zero-order valence-corrected chi connectivity index (χ0v) is 16.5. The molecule has 1 aliphatic heterocycles. The van der Waals surface area contributed by atoms with Crippen molar-refractivity contribution in [3.63, 3.8) is 0 Å². The fraction of sp³-hybridized carbons (Fsp3) is 0.176. The van der Waals surface area contributed by atoms with Crippen molar-refractivity contribution in [3.8, 4) is 0 Å². The first-order chi connectivity index (χ1) is 12.8. The highest BCUT2D eigenvalue weighted by Crippen LogP contribution is 2.26. The average Bonchev–Trinajstić information content (AvgIpc) is 3.14. The molecule has 6 nitrogen and oxygen atoms in total. The lowest BCUT2D eigenvalue weighted by Crippen LogP contribution is -2.29. The number of hydrogen-bond donors (Lipinski definition) is 1. The van der Waals surface area contributed by atoms with Crippen LogP contribution in [0.5, 0.6) is 0 Å². The summed E-state index contributed by atoms with van der Waals surface area (Å²) in [5.74, 6) is -0.224.